The number of hydrogen-bond acceptors (Lipinski definition) is 7. The summed E-state index contributed by atoms with van der Waals surface area (Å²) in [5.41, 5.74) is 3.23. The summed E-state index contributed by atoms with van der Waals surface area (Å²) in [4.78, 5) is 37.8. The minimum Gasteiger partial charge on any atom is -0.484 e. The molecule has 0 aliphatic rings. The topological polar surface area (TPSA) is 103 Å². The minimum absolute atomic E-state index is 0.0340. The minimum atomic E-state index is -0.680. The molecule has 5 rings (SSSR count). The number of carbonyl (C=O) groups is 3. The Bertz CT molecular complexity index is 1820. The van der Waals surface area contributed by atoms with Crippen LogP contribution in [0.15, 0.2) is 114 Å². The predicted octanol–water partition coefficient (Wildman–Crippen LogP) is 7.11. The monoisotopic (exact) mass is 612 g/mol. The molecule has 0 unspecified atom stereocenters. The molecule has 5 aromatic carbocycles. The summed E-state index contributed by atoms with van der Waals surface area (Å²) in [6.45, 7) is -0.270. The molecular formula is C33H22Cl2N2O6. The van der Waals surface area contributed by atoms with Crippen molar-refractivity contribution in [3.8, 4) is 17.2 Å². The van der Waals surface area contributed by atoms with E-state index in [9.17, 15) is 14.4 Å². The van der Waals surface area contributed by atoms with Gasteiger partial charge in [-0.15, -0.1) is 0 Å². The van der Waals surface area contributed by atoms with Crippen LogP contribution in [0.1, 0.15) is 26.3 Å². The van der Waals surface area contributed by atoms with Crippen LogP contribution in [0.25, 0.3) is 10.8 Å². The molecule has 0 bridgehead atoms. The van der Waals surface area contributed by atoms with Gasteiger partial charge < -0.3 is 14.2 Å². The molecule has 8 nitrogen and oxygen atoms in total. The third-order valence-electron chi connectivity index (χ3n) is 6.04. The van der Waals surface area contributed by atoms with Crippen LogP contribution in [-0.2, 0) is 4.79 Å². The highest BCUT2D eigenvalue weighted by atomic mass is 35.5. The summed E-state index contributed by atoms with van der Waals surface area (Å²) < 4.78 is 16.6. The number of rotatable bonds is 9. The maximum absolute atomic E-state index is 12.8. The lowest BCUT2D eigenvalue weighted by Gasteiger charge is -2.11. The number of nitrogens with zero attached hydrogens (tertiary/aromatic N) is 1. The van der Waals surface area contributed by atoms with E-state index in [2.05, 4.69) is 10.5 Å². The van der Waals surface area contributed by atoms with Crippen LogP contribution in [0.4, 0.5) is 0 Å². The third kappa shape index (κ3) is 7.97. The molecule has 0 radical (unpaired) electrons. The first kappa shape index (κ1) is 29.3. The van der Waals surface area contributed by atoms with Gasteiger partial charge in [0.2, 0.25) is 0 Å². The van der Waals surface area contributed by atoms with Gasteiger partial charge in [0, 0.05) is 21.7 Å². The highest BCUT2D eigenvalue weighted by Crippen LogP contribution is 2.26. The van der Waals surface area contributed by atoms with Crippen LogP contribution in [0, 0.1) is 0 Å². The van der Waals surface area contributed by atoms with Gasteiger partial charge in [0.05, 0.1) is 17.3 Å². The van der Waals surface area contributed by atoms with Crippen LogP contribution in [-0.4, -0.2) is 30.7 Å². The molecule has 0 heterocycles. The van der Waals surface area contributed by atoms with Gasteiger partial charge in [-0.2, -0.15) is 5.10 Å². The average molecular weight is 613 g/mol. The molecule has 1 N–H and O–H groups in total. The molecule has 1 amide bonds. The summed E-state index contributed by atoms with van der Waals surface area (Å²) in [5.74, 6) is -1.13. The van der Waals surface area contributed by atoms with Crippen LogP contribution in [0.5, 0.6) is 17.2 Å². The van der Waals surface area contributed by atoms with E-state index in [1.54, 1.807) is 30.3 Å². The quantitative estimate of drug-likeness (QED) is 0.0823. The molecule has 0 atom stereocenters. The maximum atomic E-state index is 12.8. The van der Waals surface area contributed by atoms with Crippen LogP contribution in [0.3, 0.4) is 0 Å². The Kier molecular flexibility index (Phi) is 9.31. The van der Waals surface area contributed by atoms with E-state index in [1.807, 2.05) is 36.4 Å². The van der Waals surface area contributed by atoms with Crippen molar-refractivity contribution in [1.82, 2.24) is 5.43 Å². The lowest BCUT2D eigenvalue weighted by Crippen LogP contribution is -2.24. The van der Waals surface area contributed by atoms with Gasteiger partial charge in [-0.05, 0) is 83.6 Å². The Morgan fingerprint density at radius 1 is 0.674 bits per heavy atom. The number of hydrogen-bond donors (Lipinski definition) is 1. The fourth-order valence-electron chi connectivity index (χ4n) is 3.88. The molecule has 0 aliphatic heterocycles. The van der Waals surface area contributed by atoms with Crippen molar-refractivity contribution in [2.24, 2.45) is 5.10 Å². The van der Waals surface area contributed by atoms with E-state index in [-0.39, 0.29) is 29.2 Å². The van der Waals surface area contributed by atoms with Crippen LogP contribution < -0.4 is 19.6 Å². The Morgan fingerprint density at radius 3 is 1.95 bits per heavy atom. The molecule has 5 aromatic rings. The van der Waals surface area contributed by atoms with Crippen molar-refractivity contribution in [3.63, 3.8) is 0 Å². The summed E-state index contributed by atoms with van der Waals surface area (Å²) in [6.07, 6.45) is 1.29. The van der Waals surface area contributed by atoms with Crippen molar-refractivity contribution < 1.29 is 28.6 Å². The second-order valence-electron chi connectivity index (χ2n) is 9.08. The molecule has 0 aliphatic carbocycles. The second kappa shape index (κ2) is 13.7. The average Bonchev–Trinajstić information content (AvgIpc) is 3.01. The molecule has 0 fully saturated rings. The number of nitrogens with one attached hydrogen (secondary N) is 1. The van der Waals surface area contributed by atoms with E-state index in [4.69, 9.17) is 37.4 Å². The molecule has 0 aromatic heterocycles. The van der Waals surface area contributed by atoms with Crippen molar-refractivity contribution in [1.29, 1.82) is 0 Å². The second-order valence-corrected chi connectivity index (χ2v) is 9.96. The molecule has 0 saturated heterocycles. The largest absolute Gasteiger partial charge is 0.484 e. The first-order valence-electron chi connectivity index (χ1n) is 12.9. The smallest absolute Gasteiger partial charge is 0.343 e. The Morgan fingerprint density at radius 2 is 1.28 bits per heavy atom. The van der Waals surface area contributed by atoms with Gasteiger partial charge in [0.25, 0.3) is 5.91 Å². The first-order chi connectivity index (χ1) is 20.8. The van der Waals surface area contributed by atoms with Gasteiger partial charge in [0.15, 0.2) is 6.61 Å². The Hall–Kier alpha value is -5.18. The molecule has 0 saturated carbocycles. The number of benzene rings is 5. The molecule has 0 spiro atoms. The normalized spacial score (nSPS) is 10.8. The lowest BCUT2D eigenvalue weighted by atomic mass is 10.1. The van der Waals surface area contributed by atoms with E-state index in [1.165, 1.54) is 48.7 Å². The number of halogens is 2. The van der Waals surface area contributed by atoms with Crippen molar-refractivity contribution in [2.45, 2.75) is 0 Å². The van der Waals surface area contributed by atoms with E-state index < -0.39 is 17.8 Å². The van der Waals surface area contributed by atoms with Gasteiger partial charge in [-0.25, -0.2) is 15.0 Å². The van der Waals surface area contributed by atoms with E-state index in [0.29, 0.717) is 21.4 Å². The van der Waals surface area contributed by atoms with Crippen molar-refractivity contribution in [2.75, 3.05) is 6.61 Å². The van der Waals surface area contributed by atoms with Gasteiger partial charge in [-0.3, -0.25) is 4.79 Å². The van der Waals surface area contributed by atoms with Gasteiger partial charge >= 0.3 is 11.9 Å². The molecule has 10 heteroatoms. The predicted molar refractivity (Wildman–Crippen MR) is 164 cm³/mol. The Labute approximate surface area is 256 Å². The van der Waals surface area contributed by atoms with E-state index >= 15 is 0 Å². The van der Waals surface area contributed by atoms with Gasteiger partial charge in [-0.1, -0.05) is 53.5 Å². The number of amides is 1. The Balaban J connectivity index is 1.28. The molecule has 214 valence electrons. The maximum Gasteiger partial charge on any atom is 0.343 e. The van der Waals surface area contributed by atoms with E-state index in [0.717, 1.165) is 10.8 Å². The first-order valence-corrected chi connectivity index (χ1v) is 13.6. The highest BCUT2D eigenvalue weighted by Gasteiger charge is 2.15. The number of hydrazone groups is 1. The zero-order valence-electron chi connectivity index (χ0n) is 22.3. The summed E-state index contributed by atoms with van der Waals surface area (Å²) in [6, 6.07) is 30.0. The zero-order valence-corrected chi connectivity index (χ0v) is 23.8. The number of esters is 2. The molecular weight excluding hydrogens is 591 g/mol. The van der Waals surface area contributed by atoms with Crippen molar-refractivity contribution >= 4 is 58.0 Å². The summed E-state index contributed by atoms with van der Waals surface area (Å²) in [5, 5.41) is 6.95. The fraction of sp³-hybridized carbons (Fsp3) is 0.0303. The lowest BCUT2D eigenvalue weighted by molar-refractivity contribution is -0.123. The number of ether oxygens (including phenoxy) is 3. The SMILES string of the molecule is O=C(COc1ccc2ccccc2c1)N/N=C\c1ccc(OC(=O)c2ccc(Cl)cc2)cc1OC(=O)c1ccc(Cl)cc1. The number of fused-ring (bicyclic) bond motifs is 1. The van der Waals surface area contributed by atoms with Crippen LogP contribution in [0.2, 0.25) is 10.0 Å². The molecule has 43 heavy (non-hydrogen) atoms. The van der Waals surface area contributed by atoms with Crippen molar-refractivity contribution in [3.05, 3.63) is 136 Å². The van der Waals surface area contributed by atoms with Gasteiger partial charge in [0.1, 0.15) is 17.2 Å². The fourth-order valence-corrected chi connectivity index (χ4v) is 4.13. The van der Waals surface area contributed by atoms with Crippen LogP contribution >= 0.6 is 23.2 Å². The standard InChI is InChI=1S/C33H22Cl2N2O6/c34-26-11-5-22(6-12-26)32(39)42-29-16-10-25(30(18-29)43-33(40)23-7-13-27(35)14-8-23)19-36-37-31(38)20-41-28-15-9-21-3-1-2-4-24(21)17-28/h1-19H,20H2,(H,37,38)/b36-19-. The summed E-state index contributed by atoms with van der Waals surface area (Å²) in [7, 11) is 0. The number of carbonyl (C=O) groups excluding carboxylic acids is 3. The zero-order chi connectivity index (χ0) is 30.2. The summed E-state index contributed by atoms with van der Waals surface area (Å²) >= 11 is 11.8. The highest BCUT2D eigenvalue weighted by molar-refractivity contribution is 6.31. The third-order valence-corrected chi connectivity index (χ3v) is 6.55.